The lowest BCUT2D eigenvalue weighted by Gasteiger charge is -2.29. The highest BCUT2D eigenvalue weighted by Crippen LogP contribution is 2.25. The summed E-state index contributed by atoms with van der Waals surface area (Å²) in [7, 11) is 0. The van der Waals surface area contributed by atoms with E-state index in [1.807, 2.05) is 72.5 Å². The molecule has 4 nitrogen and oxygen atoms in total. The Labute approximate surface area is 147 Å². The molecule has 0 aliphatic carbocycles. The molecule has 2 heterocycles. The number of benzene rings is 2. The number of nitrogens with one attached hydrogen (secondary N) is 1. The van der Waals surface area contributed by atoms with E-state index in [4.69, 9.17) is 4.98 Å². The summed E-state index contributed by atoms with van der Waals surface area (Å²) < 4.78 is 0. The van der Waals surface area contributed by atoms with Crippen LogP contribution in [0.1, 0.15) is 29.8 Å². The Balaban J connectivity index is 1.53. The molecule has 3 aromatic rings. The zero-order valence-corrected chi connectivity index (χ0v) is 14.3. The second-order valence-electron chi connectivity index (χ2n) is 6.52. The first-order chi connectivity index (χ1) is 12.2. The second-order valence-corrected chi connectivity index (χ2v) is 6.52. The number of rotatable bonds is 3. The van der Waals surface area contributed by atoms with E-state index < -0.39 is 0 Å². The largest absolute Gasteiger partial charge is 0.340 e. The van der Waals surface area contributed by atoms with E-state index in [0.29, 0.717) is 6.54 Å². The van der Waals surface area contributed by atoms with Crippen LogP contribution in [0.2, 0.25) is 0 Å². The molecule has 0 saturated carbocycles. The first kappa shape index (κ1) is 15.6. The van der Waals surface area contributed by atoms with Gasteiger partial charge in [0.15, 0.2) is 0 Å². The molecule has 1 atom stereocenters. The summed E-state index contributed by atoms with van der Waals surface area (Å²) in [5.74, 6) is 0.933. The molecule has 4 rings (SSSR count). The summed E-state index contributed by atoms with van der Waals surface area (Å²) in [6.07, 6.45) is 0.798. The number of hydrogen-bond acceptors (Lipinski definition) is 2. The standard InChI is InChI=1S/C21H21N3O/c1-15(16-8-4-2-5-9-16)21(25)24-13-12-18-19(14-24)23-20(22-18)17-10-6-3-7-11-17/h2-11,15H,12-14H2,1H3,(H,22,23). The lowest BCUT2D eigenvalue weighted by molar-refractivity contribution is -0.133. The quantitative estimate of drug-likeness (QED) is 0.794. The molecule has 1 unspecified atom stereocenters. The van der Waals surface area contributed by atoms with Crippen LogP contribution < -0.4 is 0 Å². The zero-order chi connectivity index (χ0) is 17.2. The summed E-state index contributed by atoms with van der Waals surface area (Å²) >= 11 is 0. The van der Waals surface area contributed by atoms with Crippen LogP contribution in [0.25, 0.3) is 11.4 Å². The molecule has 126 valence electrons. The van der Waals surface area contributed by atoms with Gasteiger partial charge >= 0.3 is 0 Å². The maximum absolute atomic E-state index is 12.9. The van der Waals surface area contributed by atoms with Crippen LogP contribution in [0, 0.1) is 0 Å². The van der Waals surface area contributed by atoms with E-state index in [1.165, 1.54) is 0 Å². The smallest absolute Gasteiger partial charge is 0.230 e. The van der Waals surface area contributed by atoms with Gasteiger partial charge in [0.05, 0.1) is 23.9 Å². The third-order valence-corrected chi connectivity index (χ3v) is 4.86. The number of amides is 1. The Morgan fingerprint density at radius 2 is 1.76 bits per heavy atom. The van der Waals surface area contributed by atoms with Gasteiger partial charge in [-0.2, -0.15) is 0 Å². The average Bonchev–Trinajstić information content (AvgIpc) is 3.11. The van der Waals surface area contributed by atoms with Crippen molar-refractivity contribution in [2.24, 2.45) is 0 Å². The van der Waals surface area contributed by atoms with Gasteiger partial charge in [-0.15, -0.1) is 0 Å². The fourth-order valence-corrected chi connectivity index (χ4v) is 3.37. The van der Waals surface area contributed by atoms with Gasteiger partial charge in [-0.25, -0.2) is 4.98 Å². The maximum atomic E-state index is 12.9. The summed E-state index contributed by atoms with van der Waals surface area (Å²) in [5, 5.41) is 0. The first-order valence-corrected chi connectivity index (χ1v) is 8.69. The molecule has 25 heavy (non-hydrogen) atoms. The molecule has 0 radical (unpaired) electrons. The van der Waals surface area contributed by atoms with Crippen LogP contribution in [0.5, 0.6) is 0 Å². The third kappa shape index (κ3) is 3.07. The minimum atomic E-state index is -0.126. The number of carbonyl (C=O) groups is 1. The number of imidazole rings is 1. The molecule has 1 aliphatic rings. The van der Waals surface area contributed by atoms with Crippen molar-refractivity contribution in [1.82, 2.24) is 14.9 Å². The summed E-state index contributed by atoms with van der Waals surface area (Å²) in [6.45, 7) is 3.31. The Bertz CT molecular complexity index is 871. The van der Waals surface area contributed by atoms with Gasteiger partial charge in [-0.05, 0) is 12.5 Å². The minimum absolute atomic E-state index is 0.126. The van der Waals surface area contributed by atoms with Gasteiger partial charge in [-0.3, -0.25) is 4.79 Å². The predicted octanol–water partition coefficient (Wildman–Crippen LogP) is 3.77. The van der Waals surface area contributed by atoms with E-state index in [2.05, 4.69) is 4.98 Å². The molecule has 0 saturated heterocycles. The van der Waals surface area contributed by atoms with Crippen LogP contribution in [0.3, 0.4) is 0 Å². The number of hydrogen-bond donors (Lipinski definition) is 1. The number of aromatic amines is 1. The third-order valence-electron chi connectivity index (χ3n) is 4.86. The summed E-state index contributed by atoms with van der Waals surface area (Å²) in [5.41, 5.74) is 4.27. The van der Waals surface area contributed by atoms with E-state index >= 15 is 0 Å². The van der Waals surface area contributed by atoms with Crippen LogP contribution in [0.4, 0.5) is 0 Å². The number of H-pyrrole nitrogens is 1. The topological polar surface area (TPSA) is 49.0 Å². The number of fused-ring (bicyclic) bond motifs is 1. The highest BCUT2D eigenvalue weighted by Gasteiger charge is 2.27. The molecular formula is C21H21N3O. The van der Waals surface area contributed by atoms with Gasteiger partial charge in [0, 0.05) is 18.5 Å². The highest BCUT2D eigenvalue weighted by molar-refractivity contribution is 5.83. The van der Waals surface area contributed by atoms with Crippen molar-refractivity contribution in [3.05, 3.63) is 77.6 Å². The zero-order valence-electron chi connectivity index (χ0n) is 14.3. The molecule has 2 aromatic carbocycles. The van der Waals surface area contributed by atoms with E-state index in [0.717, 1.165) is 41.3 Å². The van der Waals surface area contributed by atoms with Crippen molar-refractivity contribution in [3.63, 3.8) is 0 Å². The Kier molecular flexibility index (Phi) is 4.10. The summed E-state index contributed by atoms with van der Waals surface area (Å²) in [4.78, 5) is 22.9. The van der Waals surface area contributed by atoms with Crippen LogP contribution in [-0.2, 0) is 17.8 Å². The lowest BCUT2D eigenvalue weighted by Crippen LogP contribution is -2.38. The molecule has 0 spiro atoms. The fourth-order valence-electron chi connectivity index (χ4n) is 3.37. The van der Waals surface area contributed by atoms with Crippen LogP contribution >= 0.6 is 0 Å². The van der Waals surface area contributed by atoms with E-state index in [1.54, 1.807) is 0 Å². The maximum Gasteiger partial charge on any atom is 0.230 e. The Morgan fingerprint density at radius 3 is 2.48 bits per heavy atom. The molecule has 1 aromatic heterocycles. The normalized spacial score (nSPS) is 14.8. The molecule has 1 aliphatic heterocycles. The van der Waals surface area contributed by atoms with E-state index in [9.17, 15) is 4.79 Å². The monoisotopic (exact) mass is 331 g/mol. The highest BCUT2D eigenvalue weighted by atomic mass is 16.2. The van der Waals surface area contributed by atoms with Crippen LogP contribution in [0.15, 0.2) is 60.7 Å². The van der Waals surface area contributed by atoms with E-state index in [-0.39, 0.29) is 11.8 Å². The SMILES string of the molecule is CC(C(=O)N1CCc2nc(-c3ccccc3)[nH]c2C1)c1ccccc1. The first-order valence-electron chi connectivity index (χ1n) is 8.69. The van der Waals surface area contributed by atoms with Crippen molar-refractivity contribution in [3.8, 4) is 11.4 Å². The number of aromatic nitrogens is 2. The molecule has 0 bridgehead atoms. The van der Waals surface area contributed by atoms with Gasteiger partial charge in [0.1, 0.15) is 5.82 Å². The van der Waals surface area contributed by atoms with Crippen LogP contribution in [-0.4, -0.2) is 27.3 Å². The van der Waals surface area contributed by atoms with Crippen molar-refractivity contribution >= 4 is 5.91 Å². The Morgan fingerprint density at radius 1 is 1.08 bits per heavy atom. The van der Waals surface area contributed by atoms with Crippen molar-refractivity contribution in [1.29, 1.82) is 0 Å². The lowest BCUT2D eigenvalue weighted by atomic mass is 9.98. The Hall–Kier alpha value is -2.88. The molecule has 0 fully saturated rings. The van der Waals surface area contributed by atoms with Gasteiger partial charge in [0.25, 0.3) is 0 Å². The predicted molar refractivity (Wildman–Crippen MR) is 98.0 cm³/mol. The molecular weight excluding hydrogens is 310 g/mol. The van der Waals surface area contributed by atoms with Gasteiger partial charge in [-0.1, -0.05) is 60.7 Å². The number of nitrogens with zero attached hydrogens (tertiary/aromatic N) is 2. The second kappa shape index (κ2) is 6.55. The average molecular weight is 331 g/mol. The van der Waals surface area contributed by atoms with Crippen molar-refractivity contribution in [2.75, 3.05) is 6.54 Å². The van der Waals surface area contributed by atoms with Gasteiger partial charge < -0.3 is 9.88 Å². The van der Waals surface area contributed by atoms with Gasteiger partial charge in [0.2, 0.25) is 5.91 Å². The van der Waals surface area contributed by atoms with Crippen molar-refractivity contribution < 1.29 is 4.79 Å². The number of carbonyl (C=O) groups excluding carboxylic acids is 1. The van der Waals surface area contributed by atoms with Crippen molar-refractivity contribution in [2.45, 2.75) is 25.8 Å². The minimum Gasteiger partial charge on any atom is -0.340 e. The molecule has 1 N–H and O–H groups in total. The molecule has 4 heteroatoms. The fraction of sp³-hybridized carbons (Fsp3) is 0.238. The summed E-state index contributed by atoms with van der Waals surface area (Å²) in [6, 6.07) is 20.1. The molecule has 1 amide bonds.